The summed E-state index contributed by atoms with van der Waals surface area (Å²) >= 11 is 11.8. The lowest BCUT2D eigenvalue weighted by atomic mass is 9.90. The molecule has 2 rings (SSSR count). The summed E-state index contributed by atoms with van der Waals surface area (Å²) in [6.45, 7) is 0. The highest BCUT2D eigenvalue weighted by atomic mass is 35.5. The standard InChI is InChI=1S/C12H9Cl2F3O4/c1-20-9-6(13)3-4-2-5(11(18)19)10(12(15,16)17)21-8(4)7(9)14/h3,5,10H,2H2,1H3,(H,18,19). The lowest BCUT2D eigenvalue weighted by Crippen LogP contribution is -2.47. The van der Waals surface area contributed by atoms with E-state index >= 15 is 0 Å². The van der Waals surface area contributed by atoms with Crippen LogP contribution in [0.1, 0.15) is 5.56 Å². The maximum Gasteiger partial charge on any atom is 0.426 e. The molecular formula is C12H9Cl2F3O4. The van der Waals surface area contributed by atoms with E-state index in [1.807, 2.05) is 0 Å². The van der Waals surface area contributed by atoms with Crippen LogP contribution >= 0.6 is 23.2 Å². The van der Waals surface area contributed by atoms with Gasteiger partial charge in [0.1, 0.15) is 16.7 Å². The molecule has 1 aliphatic rings. The van der Waals surface area contributed by atoms with Gasteiger partial charge in [0.25, 0.3) is 0 Å². The third-order valence-corrected chi connectivity index (χ3v) is 3.73. The van der Waals surface area contributed by atoms with E-state index in [0.29, 0.717) is 0 Å². The van der Waals surface area contributed by atoms with Crippen LogP contribution in [0.5, 0.6) is 11.5 Å². The predicted molar refractivity (Wildman–Crippen MR) is 68.3 cm³/mol. The monoisotopic (exact) mass is 344 g/mol. The van der Waals surface area contributed by atoms with Crippen molar-refractivity contribution < 1.29 is 32.5 Å². The van der Waals surface area contributed by atoms with Crippen molar-refractivity contribution in [1.82, 2.24) is 0 Å². The number of methoxy groups -OCH3 is 1. The van der Waals surface area contributed by atoms with Gasteiger partial charge in [-0.3, -0.25) is 4.79 Å². The molecule has 4 nitrogen and oxygen atoms in total. The number of benzene rings is 1. The van der Waals surface area contributed by atoms with Crippen LogP contribution in [0.4, 0.5) is 13.2 Å². The van der Waals surface area contributed by atoms with Crippen LogP contribution < -0.4 is 9.47 Å². The number of hydrogen-bond donors (Lipinski definition) is 1. The first-order valence-corrected chi connectivity index (χ1v) is 6.43. The number of hydrogen-bond acceptors (Lipinski definition) is 3. The van der Waals surface area contributed by atoms with Gasteiger partial charge in [-0.05, 0) is 18.1 Å². The normalized spacial score (nSPS) is 21.4. The molecule has 0 radical (unpaired) electrons. The summed E-state index contributed by atoms with van der Waals surface area (Å²) in [6.07, 6.45) is -7.71. The highest BCUT2D eigenvalue weighted by Crippen LogP contribution is 2.48. The van der Waals surface area contributed by atoms with Crippen LogP contribution in [-0.4, -0.2) is 30.5 Å². The van der Waals surface area contributed by atoms with E-state index in [9.17, 15) is 18.0 Å². The summed E-state index contributed by atoms with van der Waals surface area (Å²) in [5.74, 6) is -3.64. The first kappa shape index (κ1) is 16.0. The number of rotatable bonds is 2. The Bertz CT molecular complexity index is 589. The Balaban J connectivity index is 2.55. The molecule has 116 valence electrons. The number of ether oxygens (including phenoxy) is 2. The molecule has 9 heteroatoms. The minimum Gasteiger partial charge on any atom is -0.493 e. The van der Waals surface area contributed by atoms with Crippen molar-refractivity contribution in [2.45, 2.75) is 18.7 Å². The van der Waals surface area contributed by atoms with Gasteiger partial charge in [0.15, 0.2) is 5.75 Å². The topological polar surface area (TPSA) is 55.8 Å². The lowest BCUT2D eigenvalue weighted by Gasteiger charge is -2.33. The molecule has 0 aliphatic carbocycles. The fourth-order valence-corrected chi connectivity index (χ4v) is 2.86. The third-order valence-electron chi connectivity index (χ3n) is 3.10. The Morgan fingerprint density at radius 2 is 2.10 bits per heavy atom. The van der Waals surface area contributed by atoms with Crippen LogP contribution in [0.2, 0.25) is 10.0 Å². The van der Waals surface area contributed by atoms with Crippen molar-refractivity contribution in [3.63, 3.8) is 0 Å². The number of carboxylic acid groups (broad SMARTS) is 1. The summed E-state index contributed by atoms with van der Waals surface area (Å²) in [6, 6.07) is 1.30. The van der Waals surface area contributed by atoms with Gasteiger partial charge in [0.2, 0.25) is 6.10 Å². The van der Waals surface area contributed by atoms with Crippen LogP contribution in [0.25, 0.3) is 0 Å². The Morgan fingerprint density at radius 3 is 2.57 bits per heavy atom. The Morgan fingerprint density at radius 1 is 1.48 bits per heavy atom. The van der Waals surface area contributed by atoms with Crippen LogP contribution in [0.15, 0.2) is 6.07 Å². The zero-order chi connectivity index (χ0) is 15.9. The van der Waals surface area contributed by atoms with E-state index in [2.05, 4.69) is 0 Å². The van der Waals surface area contributed by atoms with E-state index < -0.39 is 30.6 Å². The van der Waals surface area contributed by atoms with Crippen molar-refractivity contribution in [3.8, 4) is 11.5 Å². The number of fused-ring (bicyclic) bond motifs is 1. The molecule has 1 aromatic carbocycles. The predicted octanol–water partition coefficient (Wildman–Crippen LogP) is 3.57. The van der Waals surface area contributed by atoms with Crippen molar-refractivity contribution in [3.05, 3.63) is 21.7 Å². The molecule has 2 atom stereocenters. The molecule has 0 spiro atoms. The number of carboxylic acids is 1. The zero-order valence-corrected chi connectivity index (χ0v) is 12.0. The number of alkyl halides is 3. The number of halogens is 5. The Hall–Kier alpha value is -1.34. The molecular weight excluding hydrogens is 336 g/mol. The van der Waals surface area contributed by atoms with Crippen LogP contribution in [0, 0.1) is 5.92 Å². The van der Waals surface area contributed by atoms with Crippen LogP contribution in [0.3, 0.4) is 0 Å². The molecule has 0 saturated heterocycles. The summed E-state index contributed by atoms with van der Waals surface area (Å²) in [7, 11) is 1.25. The molecule has 1 N–H and O–H groups in total. The maximum atomic E-state index is 13.0. The molecule has 0 amide bonds. The second kappa shape index (κ2) is 5.46. The van der Waals surface area contributed by atoms with Gasteiger partial charge in [0.05, 0.1) is 12.1 Å². The molecule has 1 aromatic rings. The van der Waals surface area contributed by atoms with Gasteiger partial charge in [0, 0.05) is 0 Å². The van der Waals surface area contributed by atoms with Crippen molar-refractivity contribution >= 4 is 29.2 Å². The van der Waals surface area contributed by atoms with E-state index in [1.54, 1.807) is 0 Å². The molecule has 0 saturated carbocycles. The smallest absolute Gasteiger partial charge is 0.426 e. The summed E-state index contributed by atoms with van der Waals surface area (Å²) < 4.78 is 48.6. The van der Waals surface area contributed by atoms with E-state index in [0.717, 1.165) is 0 Å². The largest absolute Gasteiger partial charge is 0.493 e. The van der Waals surface area contributed by atoms with Gasteiger partial charge in [-0.15, -0.1) is 0 Å². The first-order chi connectivity index (χ1) is 9.66. The molecule has 21 heavy (non-hydrogen) atoms. The minimum atomic E-state index is -4.84. The average Bonchev–Trinajstić information content (AvgIpc) is 2.36. The van der Waals surface area contributed by atoms with Gasteiger partial charge in [-0.25, -0.2) is 0 Å². The van der Waals surface area contributed by atoms with Crippen molar-refractivity contribution in [2.75, 3.05) is 7.11 Å². The van der Waals surface area contributed by atoms with Crippen LogP contribution in [-0.2, 0) is 11.2 Å². The molecule has 0 fully saturated rings. The molecule has 0 aromatic heterocycles. The number of carbonyl (C=O) groups is 1. The average molecular weight is 345 g/mol. The fourth-order valence-electron chi connectivity index (χ4n) is 2.16. The van der Waals surface area contributed by atoms with Gasteiger partial charge < -0.3 is 14.6 Å². The molecule has 2 unspecified atom stereocenters. The van der Waals surface area contributed by atoms with E-state index in [1.165, 1.54) is 13.2 Å². The quantitative estimate of drug-likeness (QED) is 0.890. The van der Waals surface area contributed by atoms with Gasteiger partial charge in [-0.2, -0.15) is 13.2 Å². The third kappa shape index (κ3) is 2.85. The highest BCUT2D eigenvalue weighted by molar-refractivity contribution is 6.38. The second-order valence-electron chi connectivity index (χ2n) is 4.42. The number of aliphatic carboxylic acids is 1. The Kier molecular flexibility index (Phi) is 4.17. The highest BCUT2D eigenvalue weighted by Gasteiger charge is 2.52. The Labute approximate surface area is 127 Å². The van der Waals surface area contributed by atoms with Gasteiger partial charge in [-0.1, -0.05) is 23.2 Å². The summed E-state index contributed by atoms with van der Waals surface area (Å²) in [5.41, 5.74) is 0.193. The summed E-state index contributed by atoms with van der Waals surface area (Å²) in [4.78, 5) is 11.0. The SMILES string of the molecule is COc1c(Cl)cc2c(c1Cl)OC(C(F)(F)F)C(C(=O)O)C2. The second-order valence-corrected chi connectivity index (χ2v) is 5.21. The molecule has 1 heterocycles. The maximum absolute atomic E-state index is 13.0. The molecule has 0 bridgehead atoms. The van der Waals surface area contributed by atoms with Crippen molar-refractivity contribution in [2.24, 2.45) is 5.92 Å². The first-order valence-electron chi connectivity index (χ1n) is 5.67. The lowest BCUT2D eigenvalue weighted by molar-refractivity contribution is -0.217. The minimum absolute atomic E-state index is 0.0215. The van der Waals surface area contributed by atoms with E-state index in [4.69, 9.17) is 37.8 Å². The van der Waals surface area contributed by atoms with E-state index in [-0.39, 0.29) is 27.1 Å². The van der Waals surface area contributed by atoms with Crippen molar-refractivity contribution in [1.29, 1.82) is 0 Å². The van der Waals surface area contributed by atoms with Gasteiger partial charge >= 0.3 is 12.1 Å². The summed E-state index contributed by atoms with van der Waals surface area (Å²) in [5, 5.41) is 8.83. The molecule has 1 aliphatic heterocycles. The fraction of sp³-hybridized carbons (Fsp3) is 0.417. The zero-order valence-electron chi connectivity index (χ0n) is 10.5.